The Morgan fingerprint density at radius 3 is 2.79 bits per heavy atom. The summed E-state index contributed by atoms with van der Waals surface area (Å²) in [5.74, 6) is 3.18. The standard InChI is InChI=1S/C21H28N4O2S2/c1-12(2)22-21(26)27-17-5-4-14(7-17)19-9-20(25-24-19)23-18-8-16-11-29(28)10-15(16)6-13(18)3/h6,8-9,12,14,17H,4-5,7,10-11H2,1-3H3,(H,22,26)(H2,23,24,25). The predicted octanol–water partition coefficient (Wildman–Crippen LogP) is 4.33. The summed E-state index contributed by atoms with van der Waals surface area (Å²) in [6, 6.07) is 6.64. The molecule has 0 bridgehead atoms. The number of alkyl carbamates (subject to hydrolysis) is 1. The molecule has 1 aliphatic carbocycles. The number of H-pyrrole nitrogens is 1. The van der Waals surface area contributed by atoms with Crippen molar-refractivity contribution < 1.29 is 9.53 Å². The Bertz CT molecular complexity index is 941. The Hall–Kier alpha value is -1.93. The second kappa shape index (κ2) is 8.44. The fraction of sp³-hybridized carbons (Fsp3) is 0.524. The quantitative estimate of drug-likeness (QED) is 0.656. The highest BCUT2D eigenvalue weighted by molar-refractivity contribution is 8.28. The third-order valence-electron chi connectivity index (χ3n) is 5.54. The maximum absolute atomic E-state index is 11.8. The van der Waals surface area contributed by atoms with E-state index in [4.69, 9.17) is 15.9 Å². The molecule has 4 rings (SSSR count). The molecule has 0 saturated heterocycles. The normalized spacial score (nSPS) is 23.2. The van der Waals surface area contributed by atoms with Crippen LogP contribution in [0.15, 0.2) is 18.2 Å². The Balaban J connectivity index is 1.38. The van der Waals surface area contributed by atoms with Crippen molar-refractivity contribution in [3.8, 4) is 0 Å². The molecular weight excluding hydrogens is 404 g/mol. The van der Waals surface area contributed by atoms with Crippen molar-refractivity contribution in [2.45, 2.75) is 69.6 Å². The number of rotatable bonds is 5. The number of hydrogen-bond donors (Lipinski definition) is 3. The lowest BCUT2D eigenvalue weighted by molar-refractivity contribution is 0.0981. The molecule has 3 N–H and O–H groups in total. The predicted molar refractivity (Wildman–Crippen MR) is 120 cm³/mol. The molecule has 156 valence electrons. The molecule has 1 amide bonds. The highest BCUT2D eigenvalue weighted by Crippen LogP contribution is 2.36. The highest BCUT2D eigenvalue weighted by atomic mass is 32.8. The summed E-state index contributed by atoms with van der Waals surface area (Å²) >= 11 is 5.50. The number of nitrogens with zero attached hydrogens (tertiary/aromatic N) is 1. The molecule has 8 heteroatoms. The Morgan fingerprint density at radius 1 is 1.28 bits per heavy atom. The number of aryl methyl sites for hydroxylation is 1. The molecule has 1 aliphatic heterocycles. The fourth-order valence-electron chi connectivity index (χ4n) is 4.11. The molecule has 3 atom stereocenters. The number of benzene rings is 1. The van der Waals surface area contributed by atoms with Gasteiger partial charge in [-0.25, -0.2) is 4.79 Å². The van der Waals surface area contributed by atoms with Gasteiger partial charge in [-0.05, 0) is 62.8 Å². The maximum atomic E-state index is 11.8. The fourth-order valence-corrected chi connectivity index (χ4v) is 6.21. The van der Waals surface area contributed by atoms with Crippen LogP contribution in [0.5, 0.6) is 0 Å². The van der Waals surface area contributed by atoms with E-state index in [-0.39, 0.29) is 27.7 Å². The number of ether oxygens (including phenoxy) is 1. The van der Waals surface area contributed by atoms with Crippen LogP contribution in [-0.4, -0.2) is 28.4 Å². The van der Waals surface area contributed by atoms with E-state index < -0.39 is 0 Å². The summed E-state index contributed by atoms with van der Waals surface area (Å²) in [5.41, 5.74) is 6.16. The van der Waals surface area contributed by atoms with Gasteiger partial charge in [-0.3, -0.25) is 5.10 Å². The molecule has 3 unspecified atom stereocenters. The first-order chi connectivity index (χ1) is 13.9. The summed E-state index contributed by atoms with van der Waals surface area (Å²) in [4.78, 5) is 11.8. The molecule has 6 nitrogen and oxygen atoms in total. The SMILES string of the molecule is Cc1cc2c(cc1Nc1cc(C3CCC(OC(=O)NC(C)C)C3)[nH]n1)CS(=S)C2. The van der Waals surface area contributed by atoms with E-state index in [1.54, 1.807) is 0 Å². The van der Waals surface area contributed by atoms with Gasteiger partial charge in [-0.1, -0.05) is 17.3 Å². The first-order valence-corrected chi connectivity index (χ1v) is 12.6. The second-order valence-electron chi connectivity index (χ2n) is 8.33. The van der Waals surface area contributed by atoms with Crippen molar-refractivity contribution in [2.24, 2.45) is 0 Å². The summed E-state index contributed by atoms with van der Waals surface area (Å²) in [5, 5.41) is 13.9. The Labute approximate surface area is 178 Å². The van der Waals surface area contributed by atoms with E-state index >= 15 is 0 Å². The molecule has 0 spiro atoms. The number of aromatic nitrogens is 2. The van der Waals surface area contributed by atoms with Gasteiger partial charge in [0.15, 0.2) is 5.82 Å². The molecule has 1 saturated carbocycles. The van der Waals surface area contributed by atoms with Gasteiger partial charge in [0.2, 0.25) is 0 Å². The first kappa shape index (κ1) is 20.3. The van der Waals surface area contributed by atoms with Gasteiger partial charge in [0.1, 0.15) is 6.10 Å². The van der Waals surface area contributed by atoms with Crippen LogP contribution >= 0.6 is 0 Å². The number of hydrogen-bond acceptors (Lipinski definition) is 5. The zero-order valence-corrected chi connectivity index (χ0v) is 18.7. The van der Waals surface area contributed by atoms with E-state index in [1.165, 1.54) is 16.7 Å². The minimum absolute atomic E-state index is 0.0374. The topological polar surface area (TPSA) is 79.0 Å². The monoisotopic (exact) mass is 432 g/mol. The van der Waals surface area contributed by atoms with E-state index in [0.717, 1.165) is 48.0 Å². The van der Waals surface area contributed by atoms with Crippen LogP contribution in [0.1, 0.15) is 61.4 Å². The average Bonchev–Trinajstić information content (AvgIpc) is 3.34. The number of aromatic amines is 1. The van der Waals surface area contributed by atoms with E-state index in [2.05, 4.69) is 46.0 Å². The van der Waals surface area contributed by atoms with Crippen LogP contribution in [0, 0.1) is 6.92 Å². The summed E-state index contributed by atoms with van der Waals surface area (Å²) in [6.07, 6.45) is 2.33. The number of anilines is 2. The van der Waals surface area contributed by atoms with Crippen molar-refractivity contribution in [3.63, 3.8) is 0 Å². The molecule has 1 fully saturated rings. The van der Waals surface area contributed by atoms with Crippen molar-refractivity contribution in [3.05, 3.63) is 40.6 Å². The van der Waals surface area contributed by atoms with Crippen molar-refractivity contribution >= 4 is 38.2 Å². The van der Waals surface area contributed by atoms with Gasteiger partial charge in [0, 0.05) is 40.9 Å². The number of nitrogens with one attached hydrogen (secondary N) is 3. The molecule has 29 heavy (non-hydrogen) atoms. The van der Waals surface area contributed by atoms with Gasteiger partial charge in [-0.15, -0.1) is 9.45 Å². The molecule has 2 heterocycles. The van der Waals surface area contributed by atoms with Crippen LogP contribution in [0.3, 0.4) is 0 Å². The molecular formula is C21H28N4O2S2. The summed E-state index contributed by atoms with van der Waals surface area (Å²) in [7, 11) is 0.0520. The lowest BCUT2D eigenvalue weighted by Crippen LogP contribution is -2.33. The van der Waals surface area contributed by atoms with Crippen LogP contribution in [0.2, 0.25) is 0 Å². The van der Waals surface area contributed by atoms with E-state index in [9.17, 15) is 4.79 Å². The average molecular weight is 433 g/mol. The van der Waals surface area contributed by atoms with Gasteiger partial charge in [0.25, 0.3) is 0 Å². The molecule has 2 aromatic rings. The molecule has 0 radical (unpaired) electrons. The van der Waals surface area contributed by atoms with Crippen molar-refractivity contribution in [2.75, 3.05) is 5.32 Å². The minimum atomic E-state index is -0.327. The highest BCUT2D eigenvalue weighted by Gasteiger charge is 2.30. The Morgan fingerprint density at radius 2 is 2.03 bits per heavy atom. The van der Waals surface area contributed by atoms with E-state index in [0.29, 0.717) is 5.92 Å². The van der Waals surface area contributed by atoms with Gasteiger partial charge in [0.05, 0.1) is 0 Å². The van der Waals surface area contributed by atoms with Crippen molar-refractivity contribution in [1.29, 1.82) is 0 Å². The summed E-state index contributed by atoms with van der Waals surface area (Å²) < 4.78 is 5.54. The summed E-state index contributed by atoms with van der Waals surface area (Å²) in [6.45, 7) is 5.98. The first-order valence-electron chi connectivity index (χ1n) is 10.1. The molecule has 1 aromatic carbocycles. The van der Waals surface area contributed by atoms with Crippen LogP contribution in [0.25, 0.3) is 0 Å². The molecule has 1 aromatic heterocycles. The largest absolute Gasteiger partial charge is 0.446 e. The maximum Gasteiger partial charge on any atom is 0.407 e. The number of carbonyl (C=O) groups excluding carboxylic acids is 1. The van der Waals surface area contributed by atoms with Crippen LogP contribution in [0.4, 0.5) is 16.3 Å². The lowest BCUT2D eigenvalue weighted by Gasteiger charge is -2.14. The third kappa shape index (κ3) is 4.80. The molecule has 2 aliphatic rings. The zero-order chi connectivity index (χ0) is 20.5. The smallest absolute Gasteiger partial charge is 0.407 e. The Kier molecular flexibility index (Phi) is 5.92. The number of amides is 1. The number of fused-ring (bicyclic) bond motifs is 1. The van der Waals surface area contributed by atoms with Crippen molar-refractivity contribution in [1.82, 2.24) is 15.5 Å². The zero-order valence-electron chi connectivity index (χ0n) is 17.1. The second-order valence-corrected chi connectivity index (χ2v) is 11.2. The lowest BCUT2D eigenvalue weighted by atomic mass is 10.0. The van der Waals surface area contributed by atoms with Crippen LogP contribution in [-0.2, 0) is 36.9 Å². The van der Waals surface area contributed by atoms with Crippen LogP contribution < -0.4 is 10.6 Å². The van der Waals surface area contributed by atoms with E-state index in [1.807, 2.05) is 13.8 Å². The van der Waals surface area contributed by atoms with Gasteiger partial charge >= 0.3 is 6.09 Å². The third-order valence-corrected chi connectivity index (χ3v) is 7.52. The van der Waals surface area contributed by atoms with Gasteiger partial charge < -0.3 is 15.4 Å². The minimum Gasteiger partial charge on any atom is -0.446 e. The number of carbonyl (C=O) groups is 1. The van der Waals surface area contributed by atoms with Gasteiger partial charge in [-0.2, -0.15) is 5.10 Å².